The van der Waals surface area contributed by atoms with Crippen LogP contribution in [0.3, 0.4) is 0 Å². The monoisotopic (exact) mass is 419 g/mol. The molecular weight excluding hydrogens is 397 g/mol. The highest BCUT2D eigenvalue weighted by Crippen LogP contribution is 2.29. The van der Waals surface area contributed by atoms with E-state index in [1.807, 2.05) is 0 Å². The molecule has 7 nitrogen and oxygen atoms in total. The highest BCUT2D eigenvalue weighted by Gasteiger charge is 2.36. The van der Waals surface area contributed by atoms with Gasteiger partial charge in [-0.1, -0.05) is 18.2 Å². The summed E-state index contributed by atoms with van der Waals surface area (Å²) in [4.78, 5) is 26.4. The minimum Gasteiger partial charge on any atom is -0.325 e. The van der Waals surface area contributed by atoms with Crippen molar-refractivity contribution in [2.45, 2.75) is 18.2 Å². The molecule has 0 radical (unpaired) electrons. The standard InChI is InChI=1S/C20H22FN3O4S/c1-13-8-9-15(29(27,28)23(2)3)11-17(13)22-20(26)14-10-19(25)24(12-14)18-7-5-4-6-16(18)21/h4-9,11,14H,10,12H2,1-3H3,(H,22,26). The fourth-order valence-electron chi connectivity index (χ4n) is 3.13. The maximum atomic E-state index is 14.0. The number of amides is 2. The molecule has 0 aromatic heterocycles. The van der Waals surface area contributed by atoms with Crippen LogP contribution in [-0.2, 0) is 19.6 Å². The van der Waals surface area contributed by atoms with E-state index in [2.05, 4.69) is 5.32 Å². The molecule has 1 N–H and O–H groups in total. The summed E-state index contributed by atoms with van der Waals surface area (Å²) in [5.74, 6) is -1.95. The van der Waals surface area contributed by atoms with E-state index < -0.39 is 27.7 Å². The zero-order valence-electron chi connectivity index (χ0n) is 16.3. The van der Waals surface area contributed by atoms with Gasteiger partial charge in [0.15, 0.2) is 0 Å². The Balaban J connectivity index is 1.79. The second kappa shape index (κ2) is 7.92. The van der Waals surface area contributed by atoms with Crippen molar-refractivity contribution in [3.05, 3.63) is 53.8 Å². The number of carbonyl (C=O) groups is 2. The Morgan fingerprint density at radius 3 is 2.55 bits per heavy atom. The topological polar surface area (TPSA) is 86.8 Å². The van der Waals surface area contributed by atoms with Gasteiger partial charge in [-0.2, -0.15) is 0 Å². The van der Waals surface area contributed by atoms with Crippen molar-refractivity contribution in [1.82, 2.24) is 4.31 Å². The smallest absolute Gasteiger partial charge is 0.242 e. The predicted octanol–water partition coefficient (Wildman–Crippen LogP) is 2.38. The van der Waals surface area contributed by atoms with Crippen LogP contribution in [0.4, 0.5) is 15.8 Å². The first-order chi connectivity index (χ1) is 13.6. The number of hydrogen-bond acceptors (Lipinski definition) is 4. The van der Waals surface area contributed by atoms with Crippen LogP contribution in [-0.4, -0.2) is 45.2 Å². The van der Waals surface area contributed by atoms with Crippen LogP contribution in [0, 0.1) is 18.7 Å². The van der Waals surface area contributed by atoms with Gasteiger partial charge in [0.05, 0.1) is 16.5 Å². The Morgan fingerprint density at radius 1 is 1.21 bits per heavy atom. The normalized spacial score (nSPS) is 17.1. The molecule has 0 spiro atoms. The van der Waals surface area contributed by atoms with Gasteiger partial charge in [0, 0.05) is 32.7 Å². The summed E-state index contributed by atoms with van der Waals surface area (Å²) in [6.07, 6.45) is -0.0467. The fraction of sp³-hybridized carbons (Fsp3) is 0.300. The first kappa shape index (κ1) is 20.9. The zero-order valence-corrected chi connectivity index (χ0v) is 17.2. The Morgan fingerprint density at radius 2 is 1.90 bits per heavy atom. The van der Waals surface area contributed by atoms with E-state index >= 15 is 0 Å². The van der Waals surface area contributed by atoms with Crippen LogP contribution in [0.5, 0.6) is 0 Å². The summed E-state index contributed by atoms with van der Waals surface area (Å²) in [5.41, 5.74) is 1.18. The minimum atomic E-state index is -3.65. The van der Waals surface area contributed by atoms with Crippen LogP contribution in [0.1, 0.15) is 12.0 Å². The molecule has 29 heavy (non-hydrogen) atoms. The number of rotatable bonds is 5. The van der Waals surface area contributed by atoms with Gasteiger partial charge in [-0.3, -0.25) is 9.59 Å². The van der Waals surface area contributed by atoms with Gasteiger partial charge in [-0.25, -0.2) is 17.1 Å². The summed E-state index contributed by atoms with van der Waals surface area (Å²) < 4.78 is 39.8. The van der Waals surface area contributed by atoms with E-state index in [4.69, 9.17) is 0 Å². The SMILES string of the molecule is Cc1ccc(S(=O)(=O)N(C)C)cc1NC(=O)C1CC(=O)N(c2ccccc2F)C1. The van der Waals surface area contributed by atoms with Gasteiger partial charge in [-0.05, 0) is 36.8 Å². The van der Waals surface area contributed by atoms with Gasteiger partial charge >= 0.3 is 0 Å². The van der Waals surface area contributed by atoms with Crippen LogP contribution in [0.15, 0.2) is 47.4 Å². The van der Waals surface area contributed by atoms with Gasteiger partial charge in [-0.15, -0.1) is 0 Å². The van der Waals surface area contributed by atoms with Gasteiger partial charge in [0.2, 0.25) is 21.8 Å². The third kappa shape index (κ3) is 4.15. The van der Waals surface area contributed by atoms with E-state index in [1.54, 1.807) is 19.1 Å². The van der Waals surface area contributed by atoms with Crippen LogP contribution in [0.25, 0.3) is 0 Å². The number of sulfonamides is 1. The van der Waals surface area contributed by atoms with Crippen molar-refractivity contribution in [1.29, 1.82) is 0 Å². The first-order valence-electron chi connectivity index (χ1n) is 9.00. The molecule has 154 valence electrons. The number of carbonyl (C=O) groups excluding carboxylic acids is 2. The van der Waals surface area contributed by atoms with Crippen molar-refractivity contribution in [3.8, 4) is 0 Å². The Bertz CT molecular complexity index is 1070. The van der Waals surface area contributed by atoms with Gasteiger partial charge < -0.3 is 10.2 Å². The molecule has 2 aromatic rings. The van der Waals surface area contributed by atoms with E-state index in [1.165, 1.54) is 49.3 Å². The van der Waals surface area contributed by atoms with Crippen LogP contribution in [0.2, 0.25) is 0 Å². The summed E-state index contributed by atoms with van der Waals surface area (Å²) >= 11 is 0. The van der Waals surface area contributed by atoms with Crippen molar-refractivity contribution >= 4 is 33.2 Å². The lowest BCUT2D eigenvalue weighted by molar-refractivity contribution is -0.122. The second-order valence-electron chi connectivity index (χ2n) is 7.11. The maximum absolute atomic E-state index is 14.0. The summed E-state index contributed by atoms with van der Waals surface area (Å²) in [5, 5.41) is 2.72. The predicted molar refractivity (Wildman–Crippen MR) is 108 cm³/mol. The lowest BCUT2D eigenvalue weighted by Gasteiger charge is -2.18. The molecule has 2 aromatic carbocycles. The maximum Gasteiger partial charge on any atom is 0.242 e. The highest BCUT2D eigenvalue weighted by molar-refractivity contribution is 7.89. The van der Waals surface area contributed by atoms with E-state index in [-0.39, 0.29) is 29.5 Å². The molecule has 0 bridgehead atoms. The molecule has 1 aliphatic rings. The molecule has 1 atom stereocenters. The number of aryl methyl sites for hydroxylation is 1. The number of nitrogens with zero attached hydrogens (tertiary/aromatic N) is 2. The third-order valence-corrected chi connectivity index (χ3v) is 6.70. The largest absolute Gasteiger partial charge is 0.325 e. The molecule has 1 fully saturated rings. The van der Waals surface area contributed by atoms with Crippen molar-refractivity contribution in [2.24, 2.45) is 5.92 Å². The quantitative estimate of drug-likeness (QED) is 0.806. The molecule has 9 heteroatoms. The highest BCUT2D eigenvalue weighted by atomic mass is 32.2. The van der Waals surface area contributed by atoms with Crippen molar-refractivity contribution in [2.75, 3.05) is 30.9 Å². The van der Waals surface area contributed by atoms with Crippen LogP contribution < -0.4 is 10.2 Å². The first-order valence-corrected chi connectivity index (χ1v) is 10.4. The fourth-order valence-corrected chi connectivity index (χ4v) is 4.06. The third-order valence-electron chi connectivity index (χ3n) is 4.88. The lowest BCUT2D eigenvalue weighted by atomic mass is 10.1. The molecule has 1 aliphatic heterocycles. The average molecular weight is 419 g/mol. The molecule has 1 heterocycles. The number of halogens is 1. The Kier molecular flexibility index (Phi) is 5.72. The van der Waals surface area contributed by atoms with E-state index in [9.17, 15) is 22.4 Å². The second-order valence-corrected chi connectivity index (χ2v) is 9.26. The number of anilines is 2. The van der Waals surface area contributed by atoms with E-state index in [0.29, 0.717) is 11.3 Å². The van der Waals surface area contributed by atoms with E-state index in [0.717, 1.165) is 4.31 Å². The Labute approximate surface area is 169 Å². The van der Waals surface area contributed by atoms with Gasteiger partial charge in [0.25, 0.3) is 0 Å². The van der Waals surface area contributed by atoms with Gasteiger partial charge in [0.1, 0.15) is 5.82 Å². The molecule has 3 rings (SSSR count). The molecule has 0 aliphatic carbocycles. The number of nitrogens with one attached hydrogen (secondary N) is 1. The van der Waals surface area contributed by atoms with Crippen molar-refractivity contribution < 1.29 is 22.4 Å². The van der Waals surface area contributed by atoms with Crippen LogP contribution >= 0.6 is 0 Å². The summed E-state index contributed by atoms with van der Waals surface area (Å²) in [6.45, 7) is 1.80. The average Bonchev–Trinajstić information content (AvgIpc) is 3.05. The number of para-hydroxylation sites is 1. The lowest BCUT2D eigenvalue weighted by Crippen LogP contribution is -2.29. The Hall–Kier alpha value is -2.78. The molecule has 0 saturated carbocycles. The molecule has 1 unspecified atom stereocenters. The summed E-state index contributed by atoms with van der Waals surface area (Å²) in [6, 6.07) is 10.4. The minimum absolute atomic E-state index is 0.0467. The molecule has 2 amide bonds. The zero-order chi connectivity index (χ0) is 21.3. The number of benzene rings is 2. The number of hydrogen-bond donors (Lipinski definition) is 1. The summed E-state index contributed by atoms with van der Waals surface area (Å²) in [7, 11) is -0.800. The molecule has 1 saturated heterocycles. The van der Waals surface area contributed by atoms with Crippen molar-refractivity contribution in [3.63, 3.8) is 0 Å². The molecular formula is C20H22FN3O4S.